The topological polar surface area (TPSA) is 32.8 Å². The first-order valence-corrected chi connectivity index (χ1v) is 8.85. The zero-order chi connectivity index (χ0) is 10.2. The molecule has 0 amide bonds. The van der Waals surface area contributed by atoms with E-state index in [4.69, 9.17) is 4.74 Å². The van der Waals surface area contributed by atoms with Gasteiger partial charge in [0.2, 0.25) is 0 Å². The van der Waals surface area contributed by atoms with E-state index in [1.807, 2.05) is 0 Å². The zero-order valence-corrected chi connectivity index (χ0v) is 10.3. The maximum atomic E-state index is 10.0. The molecule has 2 nitrogen and oxygen atoms in total. The normalized spacial score (nSPS) is 40.1. The minimum absolute atomic E-state index is 0.599. The van der Waals surface area contributed by atoms with Crippen LogP contribution in [0.4, 0.5) is 0 Å². The molecule has 0 aromatic carbocycles. The highest BCUT2D eigenvalue weighted by Crippen LogP contribution is 2.41. The van der Waals surface area contributed by atoms with Crippen molar-refractivity contribution in [3.05, 3.63) is 0 Å². The van der Waals surface area contributed by atoms with Crippen LogP contribution in [0.3, 0.4) is 0 Å². The highest BCUT2D eigenvalue weighted by molar-refractivity contribution is 6.71. The summed E-state index contributed by atoms with van der Waals surface area (Å²) in [7, 11) is -1.81. The number of hydrogen-bond donors (Lipinski definition) is 1. The van der Waals surface area contributed by atoms with Crippen LogP contribution in [0.2, 0.25) is 18.6 Å². The molecule has 2 fully saturated rings. The molecular formula is C11H22O2Si. The van der Waals surface area contributed by atoms with Crippen molar-refractivity contribution in [2.24, 2.45) is 5.92 Å². The molecule has 0 bridgehead atoms. The summed E-state index contributed by atoms with van der Waals surface area (Å²) in [5.74, 6) is 0.837. The number of hydrogen-bond acceptors (Lipinski definition) is 2. The van der Waals surface area contributed by atoms with E-state index in [2.05, 4.69) is 13.5 Å². The summed E-state index contributed by atoms with van der Waals surface area (Å²) < 4.78 is 5.52. The van der Waals surface area contributed by atoms with Crippen LogP contribution in [0, 0.1) is 5.92 Å². The van der Waals surface area contributed by atoms with E-state index in [1.165, 1.54) is 25.7 Å². The smallest absolute Gasteiger partial charge is 0.185 e. The summed E-state index contributed by atoms with van der Waals surface area (Å²) in [6.07, 6.45) is 6.32. The molecule has 82 valence electrons. The maximum Gasteiger partial charge on any atom is 0.185 e. The Morgan fingerprint density at radius 3 is 2.79 bits per heavy atom. The third kappa shape index (κ3) is 2.58. The van der Waals surface area contributed by atoms with Crippen LogP contribution in [0.25, 0.3) is 0 Å². The Balaban J connectivity index is 1.70. The predicted molar refractivity (Wildman–Crippen MR) is 59.7 cm³/mol. The minimum Gasteiger partial charge on any atom is -0.432 e. The summed E-state index contributed by atoms with van der Waals surface area (Å²) in [6, 6.07) is 2.09. The highest BCUT2D eigenvalue weighted by Gasteiger charge is 2.43. The van der Waals surface area contributed by atoms with Gasteiger partial charge in [0.1, 0.15) is 0 Å². The molecule has 1 N–H and O–H groups in total. The molecule has 0 aromatic heterocycles. The summed E-state index contributed by atoms with van der Waals surface area (Å²) >= 11 is 0. The first-order chi connectivity index (χ1) is 6.61. The molecule has 4 atom stereocenters. The van der Waals surface area contributed by atoms with Gasteiger partial charge >= 0.3 is 0 Å². The van der Waals surface area contributed by atoms with Crippen molar-refractivity contribution in [2.75, 3.05) is 0 Å². The van der Waals surface area contributed by atoms with Gasteiger partial charge in [-0.3, -0.25) is 0 Å². The zero-order valence-electron chi connectivity index (χ0n) is 9.33. The molecule has 1 saturated heterocycles. The fraction of sp³-hybridized carbons (Fsp3) is 1.00. The first-order valence-electron chi connectivity index (χ1n) is 5.98. The van der Waals surface area contributed by atoms with Gasteiger partial charge < -0.3 is 9.53 Å². The molecular weight excluding hydrogens is 192 g/mol. The molecule has 1 heterocycles. The molecule has 3 unspecified atom stereocenters. The van der Waals surface area contributed by atoms with Crippen LogP contribution in [0.5, 0.6) is 0 Å². The van der Waals surface area contributed by atoms with Crippen molar-refractivity contribution in [3.8, 4) is 0 Å². The number of rotatable bonds is 4. The van der Waals surface area contributed by atoms with E-state index in [1.54, 1.807) is 0 Å². The summed E-state index contributed by atoms with van der Waals surface area (Å²) in [5.41, 5.74) is 0. The third-order valence-corrected chi connectivity index (χ3v) is 6.85. The molecule has 14 heavy (non-hydrogen) atoms. The third-order valence-electron chi connectivity index (χ3n) is 3.97. The molecule has 3 heteroatoms. The van der Waals surface area contributed by atoms with Gasteiger partial charge in [-0.25, -0.2) is 0 Å². The maximum absolute atomic E-state index is 10.0. The Hall–Kier alpha value is 0.137. The van der Waals surface area contributed by atoms with Gasteiger partial charge in [-0.1, -0.05) is 13.3 Å². The van der Waals surface area contributed by atoms with Gasteiger partial charge in [-0.05, 0) is 43.8 Å². The van der Waals surface area contributed by atoms with E-state index in [0.717, 1.165) is 18.0 Å². The summed E-state index contributed by atoms with van der Waals surface area (Å²) in [4.78, 5) is 10.0. The van der Waals surface area contributed by atoms with Crippen LogP contribution < -0.4 is 0 Å². The predicted octanol–water partition coefficient (Wildman–Crippen LogP) is 2.53. The molecule has 0 spiro atoms. The lowest BCUT2D eigenvalue weighted by molar-refractivity contribution is 0.354. The number of epoxide rings is 1. The Kier molecular flexibility index (Phi) is 3.00. The first kappa shape index (κ1) is 10.6. The Morgan fingerprint density at radius 1 is 1.36 bits per heavy atom. The fourth-order valence-corrected chi connectivity index (χ4v) is 3.82. The minimum atomic E-state index is -1.81. The van der Waals surface area contributed by atoms with Crippen LogP contribution in [0.1, 0.15) is 32.6 Å². The van der Waals surface area contributed by atoms with Gasteiger partial charge in [-0.2, -0.15) is 0 Å². The van der Waals surface area contributed by atoms with Crippen molar-refractivity contribution >= 4 is 8.32 Å². The standard InChI is InChI=1S/C11H22O2Si/c1-3-14(2,12)7-6-9-4-5-10-11(8-9)13-10/h9-12H,3-8H2,1-2H3/t9?,10?,11?,14-/m1/s1. The molecule has 0 radical (unpaired) electrons. The average Bonchev–Trinajstić information content (AvgIpc) is 2.93. The van der Waals surface area contributed by atoms with Gasteiger partial charge in [0.25, 0.3) is 0 Å². The lowest BCUT2D eigenvalue weighted by Gasteiger charge is -2.23. The van der Waals surface area contributed by atoms with E-state index in [-0.39, 0.29) is 0 Å². The average molecular weight is 214 g/mol. The van der Waals surface area contributed by atoms with Crippen molar-refractivity contribution in [3.63, 3.8) is 0 Å². The Bertz CT molecular complexity index is 205. The van der Waals surface area contributed by atoms with Crippen molar-refractivity contribution in [1.29, 1.82) is 0 Å². The molecule has 2 aliphatic rings. The lowest BCUT2D eigenvalue weighted by atomic mass is 9.88. The highest BCUT2D eigenvalue weighted by atomic mass is 28.4. The Labute approximate surface area is 87.8 Å². The van der Waals surface area contributed by atoms with Crippen LogP contribution in [-0.4, -0.2) is 25.3 Å². The fourth-order valence-electron chi connectivity index (χ4n) is 2.44. The summed E-state index contributed by atoms with van der Waals surface area (Å²) in [5, 5.41) is 0. The van der Waals surface area contributed by atoms with Gasteiger partial charge in [0.15, 0.2) is 8.32 Å². The molecule has 2 rings (SSSR count). The number of ether oxygens (including phenoxy) is 1. The quantitative estimate of drug-likeness (QED) is 0.576. The van der Waals surface area contributed by atoms with Gasteiger partial charge in [0.05, 0.1) is 12.2 Å². The monoisotopic (exact) mass is 214 g/mol. The van der Waals surface area contributed by atoms with Crippen LogP contribution in [-0.2, 0) is 4.74 Å². The lowest BCUT2D eigenvalue weighted by Crippen LogP contribution is -2.29. The molecule has 1 aliphatic carbocycles. The van der Waals surface area contributed by atoms with E-state index < -0.39 is 8.32 Å². The number of fused-ring (bicyclic) bond motifs is 1. The summed E-state index contributed by atoms with van der Waals surface area (Å²) in [6.45, 7) is 4.21. The largest absolute Gasteiger partial charge is 0.432 e. The van der Waals surface area contributed by atoms with Crippen molar-refractivity contribution in [1.82, 2.24) is 0 Å². The van der Waals surface area contributed by atoms with Crippen molar-refractivity contribution in [2.45, 2.75) is 63.5 Å². The second kappa shape index (κ2) is 3.95. The molecule has 1 aliphatic heterocycles. The van der Waals surface area contributed by atoms with Crippen molar-refractivity contribution < 1.29 is 9.53 Å². The van der Waals surface area contributed by atoms with E-state index >= 15 is 0 Å². The molecule has 1 saturated carbocycles. The Morgan fingerprint density at radius 2 is 2.14 bits per heavy atom. The van der Waals surface area contributed by atoms with Crippen LogP contribution in [0.15, 0.2) is 0 Å². The molecule has 0 aromatic rings. The van der Waals surface area contributed by atoms with E-state index in [0.29, 0.717) is 12.2 Å². The van der Waals surface area contributed by atoms with Crippen LogP contribution >= 0.6 is 0 Å². The SMILES string of the molecule is CC[Si@@](C)(O)CCC1CCC2OC2C1. The second-order valence-electron chi connectivity index (χ2n) is 5.28. The van der Waals surface area contributed by atoms with Gasteiger partial charge in [0, 0.05) is 0 Å². The van der Waals surface area contributed by atoms with Gasteiger partial charge in [-0.15, -0.1) is 0 Å². The second-order valence-corrected chi connectivity index (χ2v) is 9.48. The van der Waals surface area contributed by atoms with E-state index in [9.17, 15) is 4.80 Å².